The van der Waals surface area contributed by atoms with E-state index in [2.05, 4.69) is 5.32 Å². The lowest BCUT2D eigenvalue weighted by Gasteiger charge is -2.35. The summed E-state index contributed by atoms with van der Waals surface area (Å²) in [5.74, 6) is -0.389. The van der Waals surface area contributed by atoms with E-state index in [1.54, 1.807) is 29.2 Å². The van der Waals surface area contributed by atoms with Gasteiger partial charge in [-0.25, -0.2) is 0 Å². The topological polar surface area (TPSA) is 66.5 Å². The van der Waals surface area contributed by atoms with Gasteiger partial charge in [-0.1, -0.05) is 55.8 Å². The Morgan fingerprint density at radius 1 is 0.933 bits per heavy atom. The molecule has 0 aromatic heterocycles. The molecule has 30 heavy (non-hydrogen) atoms. The summed E-state index contributed by atoms with van der Waals surface area (Å²) in [7, 11) is 0. The van der Waals surface area contributed by atoms with Crippen molar-refractivity contribution in [2.24, 2.45) is 11.8 Å². The van der Waals surface area contributed by atoms with Gasteiger partial charge in [0.25, 0.3) is 5.91 Å². The van der Waals surface area contributed by atoms with Gasteiger partial charge in [0.15, 0.2) is 5.78 Å². The minimum Gasteiger partial charge on any atom is -0.341 e. The van der Waals surface area contributed by atoms with Crippen LogP contribution in [0.5, 0.6) is 0 Å². The number of carbonyl (C=O) groups excluding carboxylic acids is 3. The number of nitrogens with one attached hydrogen (secondary N) is 1. The molecule has 1 aliphatic rings. The standard InChI is InChI=1S/C24H27ClN2O3/c1-16(2)21(26-23(29)19-8-10-20(25)11-9-19)24(30)27-14-12-18(13-15-27)22(28)17-6-4-3-5-7-17/h3-11,16,18,21H,12-15H2,1-2H3,(H,26,29)/t21-/m0/s1. The second-order valence-electron chi connectivity index (χ2n) is 8.03. The van der Waals surface area contributed by atoms with Crippen LogP contribution < -0.4 is 5.32 Å². The van der Waals surface area contributed by atoms with Gasteiger partial charge >= 0.3 is 0 Å². The molecule has 5 nitrogen and oxygen atoms in total. The monoisotopic (exact) mass is 426 g/mol. The number of nitrogens with zero attached hydrogens (tertiary/aromatic N) is 1. The first kappa shape index (κ1) is 22.0. The van der Waals surface area contributed by atoms with Crippen molar-refractivity contribution in [3.8, 4) is 0 Å². The molecular formula is C24H27ClN2O3. The van der Waals surface area contributed by atoms with E-state index in [0.29, 0.717) is 36.5 Å². The van der Waals surface area contributed by atoms with Crippen LogP contribution in [0.3, 0.4) is 0 Å². The molecule has 0 bridgehead atoms. The van der Waals surface area contributed by atoms with E-state index < -0.39 is 6.04 Å². The highest BCUT2D eigenvalue weighted by Crippen LogP contribution is 2.23. The van der Waals surface area contributed by atoms with Gasteiger partial charge in [0.1, 0.15) is 6.04 Å². The molecule has 0 aliphatic carbocycles. The van der Waals surface area contributed by atoms with Crippen molar-refractivity contribution < 1.29 is 14.4 Å². The molecule has 2 aromatic carbocycles. The number of Topliss-reactive ketones (excluding diaryl/α,β-unsaturated/α-hetero) is 1. The van der Waals surface area contributed by atoms with Crippen LogP contribution >= 0.6 is 11.6 Å². The number of hydrogen-bond acceptors (Lipinski definition) is 3. The maximum Gasteiger partial charge on any atom is 0.251 e. The molecule has 1 aliphatic heterocycles. The Hall–Kier alpha value is -2.66. The fourth-order valence-corrected chi connectivity index (χ4v) is 3.86. The van der Waals surface area contributed by atoms with E-state index in [0.717, 1.165) is 5.56 Å². The van der Waals surface area contributed by atoms with Gasteiger partial charge in [-0.3, -0.25) is 14.4 Å². The van der Waals surface area contributed by atoms with E-state index in [9.17, 15) is 14.4 Å². The highest BCUT2D eigenvalue weighted by atomic mass is 35.5. The predicted molar refractivity (Wildman–Crippen MR) is 118 cm³/mol. The van der Waals surface area contributed by atoms with Crippen molar-refractivity contribution >= 4 is 29.2 Å². The van der Waals surface area contributed by atoms with Gasteiger partial charge in [0.2, 0.25) is 5.91 Å². The van der Waals surface area contributed by atoms with Gasteiger partial charge in [-0.2, -0.15) is 0 Å². The smallest absolute Gasteiger partial charge is 0.251 e. The summed E-state index contributed by atoms with van der Waals surface area (Å²) in [5, 5.41) is 3.42. The molecule has 3 rings (SSSR count). The third-order valence-corrected chi connectivity index (χ3v) is 5.81. The molecule has 1 fully saturated rings. The number of halogens is 1. The second kappa shape index (κ2) is 9.90. The second-order valence-corrected chi connectivity index (χ2v) is 8.47. The van der Waals surface area contributed by atoms with Crippen LogP contribution in [0.4, 0.5) is 0 Å². The molecule has 0 saturated carbocycles. The summed E-state index contributed by atoms with van der Waals surface area (Å²) < 4.78 is 0. The molecule has 2 aromatic rings. The Labute approximate surface area is 182 Å². The number of ketones is 1. The summed E-state index contributed by atoms with van der Waals surface area (Å²) in [6.07, 6.45) is 1.27. The number of amides is 2. The first-order valence-corrected chi connectivity index (χ1v) is 10.7. The summed E-state index contributed by atoms with van der Waals surface area (Å²) in [4.78, 5) is 40.1. The number of rotatable bonds is 6. The fraction of sp³-hybridized carbons (Fsp3) is 0.375. The van der Waals surface area contributed by atoms with E-state index in [-0.39, 0.29) is 29.4 Å². The van der Waals surface area contributed by atoms with Crippen LogP contribution in [0.15, 0.2) is 54.6 Å². The quantitative estimate of drug-likeness (QED) is 0.703. The number of benzene rings is 2. The van der Waals surface area contributed by atoms with Crippen LogP contribution in [0.1, 0.15) is 47.4 Å². The van der Waals surface area contributed by atoms with Gasteiger partial charge in [-0.15, -0.1) is 0 Å². The first-order valence-electron chi connectivity index (χ1n) is 10.3. The largest absolute Gasteiger partial charge is 0.341 e. The lowest BCUT2D eigenvalue weighted by atomic mass is 9.88. The average molecular weight is 427 g/mol. The summed E-state index contributed by atoms with van der Waals surface area (Å²) in [5.41, 5.74) is 1.18. The maximum atomic E-state index is 13.1. The van der Waals surface area contributed by atoms with Crippen LogP contribution in [-0.4, -0.2) is 41.6 Å². The van der Waals surface area contributed by atoms with Gasteiger partial charge in [0.05, 0.1) is 0 Å². The molecule has 2 amide bonds. The third-order valence-electron chi connectivity index (χ3n) is 5.56. The number of carbonyl (C=O) groups is 3. The van der Waals surface area contributed by atoms with Crippen LogP contribution in [0.2, 0.25) is 5.02 Å². The maximum absolute atomic E-state index is 13.1. The average Bonchev–Trinajstić information content (AvgIpc) is 2.77. The van der Waals surface area contributed by atoms with Gasteiger partial charge in [0, 0.05) is 35.2 Å². The van der Waals surface area contributed by atoms with Crippen molar-refractivity contribution in [2.75, 3.05) is 13.1 Å². The molecule has 0 radical (unpaired) electrons. The van der Waals surface area contributed by atoms with Crippen molar-refractivity contribution in [3.63, 3.8) is 0 Å². The Morgan fingerprint density at radius 3 is 2.10 bits per heavy atom. The molecule has 0 unspecified atom stereocenters. The number of likely N-dealkylation sites (tertiary alicyclic amines) is 1. The van der Waals surface area contributed by atoms with Crippen LogP contribution in [-0.2, 0) is 4.79 Å². The summed E-state index contributed by atoms with van der Waals surface area (Å²) in [6, 6.07) is 15.2. The van der Waals surface area contributed by atoms with Crippen molar-refractivity contribution in [3.05, 3.63) is 70.7 Å². The van der Waals surface area contributed by atoms with Crippen LogP contribution in [0.25, 0.3) is 0 Å². The SMILES string of the molecule is CC(C)[C@H](NC(=O)c1ccc(Cl)cc1)C(=O)N1CCC(C(=O)c2ccccc2)CC1. The zero-order valence-corrected chi connectivity index (χ0v) is 18.1. The number of hydrogen-bond donors (Lipinski definition) is 1. The van der Waals surface area contributed by atoms with E-state index in [1.165, 1.54) is 0 Å². The van der Waals surface area contributed by atoms with E-state index in [4.69, 9.17) is 11.6 Å². The molecule has 0 spiro atoms. The molecule has 1 saturated heterocycles. The normalized spacial score (nSPS) is 15.7. The van der Waals surface area contributed by atoms with Crippen LogP contribution in [0, 0.1) is 11.8 Å². The molecule has 6 heteroatoms. The Morgan fingerprint density at radius 2 is 1.53 bits per heavy atom. The highest BCUT2D eigenvalue weighted by molar-refractivity contribution is 6.30. The molecule has 158 valence electrons. The predicted octanol–water partition coefficient (Wildman–Crippen LogP) is 4.22. The number of piperidine rings is 1. The van der Waals surface area contributed by atoms with E-state index in [1.807, 2.05) is 44.2 Å². The lowest BCUT2D eigenvalue weighted by molar-refractivity contribution is -0.135. The zero-order valence-electron chi connectivity index (χ0n) is 17.3. The molecule has 1 heterocycles. The summed E-state index contributed by atoms with van der Waals surface area (Å²) >= 11 is 5.88. The highest BCUT2D eigenvalue weighted by Gasteiger charge is 2.33. The van der Waals surface area contributed by atoms with Gasteiger partial charge < -0.3 is 10.2 Å². The molecule has 1 atom stereocenters. The van der Waals surface area contributed by atoms with Crippen molar-refractivity contribution in [1.82, 2.24) is 10.2 Å². The van der Waals surface area contributed by atoms with Crippen molar-refractivity contribution in [2.45, 2.75) is 32.7 Å². The minimum atomic E-state index is -0.616. The third kappa shape index (κ3) is 5.28. The Bertz CT molecular complexity index is 888. The van der Waals surface area contributed by atoms with E-state index >= 15 is 0 Å². The first-order chi connectivity index (χ1) is 14.4. The Kier molecular flexibility index (Phi) is 7.27. The minimum absolute atomic E-state index is 0.0579. The Balaban J connectivity index is 1.60. The zero-order chi connectivity index (χ0) is 21.7. The molecular weight excluding hydrogens is 400 g/mol. The summed E-state index contributed by atoms with van der Waals surface area (Å²) in [6.45, 7) is 4.86. The molecule has 1 N–H and O–H groups in total. The lowest BCUT2D eigenvalue weighted by Crippen LogP contribution is -2.53. The van der Waals surface area contributed by atoms with Gasteiger partial charge in [-0.05, 0) is 43.0 Å². The van der Waals surface area contributed by atoms with Crippen molar-refractivity contribution in [1.29, 1.82) is 0 Å². The fourth-order valence-electron chi connectivity index (χ4n) is 3.74.